The van der Waals surface area contributed by atoms with E-state index in [0.29, 0.717) is 5.82 Å². The van der Waals surface area contributed by atoms with Gasteiger partial charge in [0.05, 0.1) is 11.4 Å². The highest BCUT2D eigenvalue weighted by molar-refractivity contribution is 6.26. The van der Waals surface area contributed by atoms with Crippen molar-refractivity contribution >= 4 is 32.7 Å². The number of nitrogens with zero attached hydrogens (tertiary/aromatic N) is 2. The lowest BCUT2D eigenvalue weighted by atomic mass is 9.90. The SMILES string of the molecule is c1ccc(-c2cc(-c3ccccc3)nc(-c3c4ccccc4c(-c4ccccc4)c4oc5ccccc5c34)n2)cc1. The average molecular weight is 525 g/mol. The largest absolute Gasteiger partial charge is 0.455 e. The smallest absolute Gasteiger partial charge is 0.161 e. The average Bonchev–Trinajstić information content (AvgIpc) is 3.43. The minimum Gasteiger partial charge on any atom is -0.455 e. The molecule has 8 aromatic rings. The van der Waals surface area contributed by atoms with Gasteiger partial charge in [-0.2, -0.15) is 0 Å². The first-order valence-electron chi connectivity index (χ1n) is 13.8. The Morgan fingerprint density at radius 3 is 1.46 bits per heavy atom. The zero-order valence-corrected chi connectivity index (χ0v) is 22.2. The highest BCUT2D eigenvalue weighted by atomic mass is 16.3. The van der Waals surface area contributed by atoms with Gasteiger partial charge in [-0.25, -0.2) is 9.97 Å². The van der Waals surface area contributed by atoms with Crippen LogP contribution in [0.15, 0.2) is 150 Å². The molecule has 0 bridgehead atoms. The van der Waals surface area contributed by atoms with Gasteiger partial charge in [0.25, 0.3) is 0 Å². The lowest BCUT2D eigenvalue weighted by Gasteiger charge is -2.15. The Morgan fingerprint density at radius 2 is 0.878 bits per heavy atom. The van der Waals surface area contributed by atoms with E-state index < -0.39 is 0 Å². The second kappa shape index (κ2) is 9.58. The molecule has 6 aromatic carbocycles. The molecule has 0 N–H and O–H groups in total. The first-order chi connectivity index (χ1) is 20.3. The van der Waals surface area contributed by atoms with E-state index in [1.807, 2.05) is 54.6 Å². The minimum atomic E-state index is 0.678. The summed E-state index contributed by atoms with van der Waals surface area (Å²) >= 11 is 0. The Bertz CT molecular complexity index is 2130. The summed E-state index contributed by atoms with van der Waals surface area (Å²) in [5.74, 6) is 0.678. The molecular formula is C38H24N2O. The Kier molecular flexibility index (Phi) is 5.46. The molecule has 2 aromatic heterocycles. The number of furan rings is 1. The van der Waals surface area contributed by atoms with Crippen LogP contribution in [0.4, 0.5) is 0 Å². The van der Waals surface area contributed by atoms with Gasteiger partial charge in [0, 0.05) is 33.0 Å². The third kappa shape index (κ3) is 3.90. The molecule has 3 nitrogen and oxygen atoms in total. The van der Waals surface area contributed by atoms with Crippen LogP contribution in [-0.4, -0.2) is 9.97 Å². The van der Waals surface area contributed by atoms with Crippen LogP contribution in [0.3, 0.4) is 0 Å². The van der Waals surface area contributed by atoms with Crippen molar-refractivity contribution in [2.24, 2.45) is 0 Å². The Morgan fingerprint density at radius 1 is 0.415 bits per heavy atom. The van der Waals surface area contributed by atoms with Crippen molar-refractivity contribution in [1.82, 2.24) is 9.97 Å². The molecular weight excluding hydrogens is 500 g/mol. The summed E-state index contributed by atoms with van der Waals surface area (Å²) in [7, 11) is 0. The molecule has 0 spiro atoms. The van der Waals surface area contributed by atoms with Crippen LogP contribution in [-0.2, 0) is 0 Å². The van der Waals surface area contributed by atoms with Gasteiger partial charge < -0.3 is 4.42 Å². The van der Waals surface area contributed by atoms with Crippen LogP contribution < -0.4 is 0 Å². The van der Waals surface area contributed by atoms with Gasteiger partial charge in [-0.05, 0) is 28.5 Å². The van der Waals surface area contributed by atoms with Crippen molar-refractivity contribution < 1.29 is 4.42 Å². The maximum Gasteiger partial charge on any atom is 0.161 e. The number of benzene rings is 6. The molecule has 3 heteroatoms. The van der Waals surface area contributed by atoms with Gasteiger partial charge in [0.1, 0.15) is 11.2 Å². The zero-order chi connectivity index (χ0) is 27.2. The highest BCUT2D eigenvalue weighted by Gasteiger charge is 2.24. The van der Waals surface area contributed by atoms with E-state index in [4.69, 9.17) is 14.4 Å². The Hall–Kier alpha value is -5.54. The fraction of sp³-hybridized carbons (Fsp3) is 0. The normalized spacial score (nSPS) is 11.4. The summed E-state index contributed by atoms with van der Waals surface area (Å²) in [6.45, 7) is 0. The fourth-order valence-corrected chi connectivity index (χ4v) is 5.84. The highest BCUT2D eigenvalue weighted by Crippen LogP contribution is 2.47. The molecule has 0 unspecified atom stereocenters. The molecule has 0 saturated carbocycles. The van der Waals surface area contributed by atoms with Gasteiger partial charge in [-0.1, -0.05) is 133 Å². The van der Waals surface area contributed by atoms with Crippen molar-refractivity contribution in [3.8, 4) is 45.0 Å². The predicted molar refractivity (Wildman–Crippen MR) is 169 cm³/mol. The van der Waals surface area contributed by atoms with E-state index in [0.717, 1.165) is 71.9 Å². The van der Waals surface area contributed by atoms with E-state index in [1.54, 1.807) is 0 Å². The minimum absolute atomic E-state index is 0.678. The van der Waals surface area contributed by atoms with Crippen molar-refractivity contribution in [3.05, 3.63) is 146 Å². The maximum atomic E-state index is 6.68. The number of aromatic nitrogens is 2. The molecule has 0 amide bonds. The Labute approximate surface area is 237 Å². The molecule has 0 aliphatic carbocycles. The predicted octanol–water partition coefficient (Wildman–Crippen LogP) is 10.2. The molecule has 0 aliphatic heterocycles. The zero-order valence-electron chi connectivity index (χ0n) is 22.2. The molecule has 0 fully saturated rings. The van der Waals surface area contributed by atoms with Crippen LogP contribution in [0.25, 0.3) is 77.7 Å². The van der Waals surface area contributed by atoms with Crippen LogP contribution >= 0.6 is 0 Å². The van der Waals surface area contributed by atoms with Crippen molar-refractivity contribution in [3.63, 3.8) is 0 Å². The molecule has 0 saturated heterocycles. The summed E-state index contributed by atoms with van der Waals surface area (Å²) in [5, 5.41) is 4.28. The number of rotatable bonds is 4. The molecule has 2 heterocycles. The van der Waals surface area contributed by atoms with Crippen molar-refractivity contribution in [1.29, 1.82) is 0 Å². The molecule has 0 radical (unpaired) electrons. The quantitative estimate of drug-likeness (QED) is 0.230. The van der Waals surface area contributed by atoms with Gasteiger partial charge in [-0.3, -0.25) is 0 Å². The third-order valence-corrected chi connectivity index (χ3v) is 7.69. The van der Waals surface area contributed by atoms with E-state index >= 15 is 0 Å². The van der Waals surface area contributed by atoms with Gasteiger partial charge in [-0.15, -0.1) is 0 Å². The second-order valence-corrected chi connectivity index (χ2v) is 10.2. The summed E-state index contributed by atoms with van der Waals surface area (Å²) in [5.41, 5.74) is 8.73. The summed E-state index contributed by atoms with van der Waals surface area (Å²) in [4.78, 5) is 10.5. The number of fused-ring (bicyclic) bond motifs is 4. The van der Waals surface area contributed by atoms with Crippen molar-refractivity contribution in [2.45, 2.75) is 0 Å². The van der Waals surface area contributed by atoms with Crippen LogP contribution in [0, 0.1) is 0 Å². The monoisotopic (exact) mass is 524 g/mol. The maximum absolute atomic E-state index is 6.68. The van der Waals surface area contributed by atoms with Crippen LogP contribution in [0.1, 0.15) is 0 Å². The van der Waals surface area contributed by atoms with Crippen LogP contribution in [0.2, 0.25) is 0 Å². The first-order valence-corrected chi connectivity index (χ1v) is 13.8. The molecule has 192 valence electrons. The molecule has 41 heavy (non-hydrogen) atoms. The molecule has 0 aliphatic rings. The van der Waals surface area contributed by atoms with Gasteiger partial charge in [0.15, 0.2) is 5.82 Å². The lowest BCUT2D eigenvalue weighted by Crippen LogP contribution is -1.98. The first kappa shape index (κ1) is 23.4. The Balaban J connectivity index is 1.55. The van der Waals surface area contributed by atoms with E-state index in [9.17, 15) is 0 Å². The topological polar surface area (TPSA) is 38.9 Å². The number of para-hydroxylation sites is 1. The second-order valence-electron chi connectivity index (χ2n) is 10.2. The molecule has 0 atom stereocenters. The van der Waals surface area contributed by atoms with Crippen LogP contribution in [0.5, 0.6) is 0 Å². The van der Waals surface area contributed by atoms with E-state index in [-0.39, 0.29) is 0 Å². The number of hydrogen-bond donors (Lipinski definition) is 0. The standard InChI is InChI=1S/C38H24N2O/c1-4-14-25(15-5-1)31-24-32(26-16-6-2-7-17-26)40-38(39-31)36-29-21-11-10-20-28(29)34(27-18-8-3-9-19-27)37-35(36)30-22-12-13-23-33(30)41-37/h1-24H. The summed E-state index contributed by atoms with van der Waals surface area (Å²) in [6.07, 6.45) is 0. The van der Waals surface area contributed by atoms with Gasteiger partial charge >= 0.3 is 0 Å². The van der Waals surface area contributed by atoms with E-state index in [1.165, 1.54) is 0 Å². The number of hydrogen-bond acceptors (Lipinski definition) is 3. The van der Waals surface area contributed by atoms with Gasteiger partial charge in [0.2, 0.25) is 0 Å². The summed E-state index contributed by atoms with van der Waals surface area (Å²) in [6, 6.07) is 50.0. The fourth-order valence-electron chi connectivity index (χ4n) is 5.84. The third-order valence-electron chi connectivity index (χ3n) is 7.69. The summed E-state index contributed by atoms with van der Waals surface area (Å²) < 4.78 is 6.68. The lowest BCUT2D eigenvalue weighted by molar-refractivity contribution is 0.670. The molecule has 8 rings (SSSR count). The van der Waals surface area contributed by atoms with Crippen molar-refractivity contribution in [2.75, 3.05) is 0 Å². The van der Waals surface area contributed by atoms with E-state index in [2.05, 4.69) is 91.0 Å².